The molecule has 1 aliphatic carbocycles. The second-order valence-electron chi connectivity index (χ2n) is 8.96. The van der Waals surface area contributed by atoms with Crippen LogP contribution in [0.2, 0.25) is 0 Å². The third-order valence-corrected chi connectivity index (χ3v) is 6.58. The van der Waals surface area contributed by atoms with Gasteiger partial charge in [0.15, 0.2) is 17.3 Å². The van der Waals surface area contributed by atoms with E-state index in [0.29, 0.717) is 67.4 Å². The summed E-state index contributed by atoms with van der Waals surface area (Å²) in [5.41, 5.74) is 1.23. The van der Waals surface area contributed by atoms with Gasteiger partial charge in [0.2, 0.25) is 0 Å². The molecule has 2 aromatic heterocycles. The largest absolute Gasteiger partial charge is 0.486 e. The number of pyridine rings is 1. The fourth-order valence-corrected chi connectivity index (χ4v) is 4.85. The Labute approximate surface area is 202 Å². The van der Waals surface area contributed by atoms with E-state index < -0.39 is 0 Å². The summed E-state index contributed by atoms with van der Waals surface area (Å²) in [6, 6.07) is 5.95. The number of benzene rings is 1. The van der Waals surface area contributed by atoms with Gasteiger partial charge in [0.05, 0.1) is 18.7 Å². The molecule has 1 saturated carbocycles. The number of tetrazole rings is 1. The number of ether oxygens (including phenoxy) is 3. The summed E-state index contributed by atoms with van der Waals surface area (Å²) in [7, 11) is 0. The molecule has 1 aliphatic heterocycles. The normalized spacial score (nSPS) is 16.1. The fourth-order valence-electron chi connectivity index (χ4n) is 4.85. The third-order valence-electron chi connectivity index (χ3n) is 6.58. The van der Waals surface area contributed by atoms with Crippen LogP contribution in [0.15, 0.2) is 23.0 Å². The van der Waals surface area contributed by atoms with Gasteiger partial charge in [-0.2, -0.15) is 0 Å². The number of fused-ring (bicyclic) bond motifs is 2. The molecule has 35 heavy (non-hydrogen) atoms. The van der Waals surface area contributed by atoms with Gasteiger partial charge >= 0.3 is 5.97 Å². The van der Waals surface area contributed by atoms with Crippen LogP contribution in [0.3, 0.4) is 0 Å². The quantitative estimate of drug-likeness (QED) is 0.481. The number of esters is 1. The van der Waals surface area contributed by atoms with Crippen LogP contribution in [0, 0.1) is 0 Å². The molecular formula is C24H30N6O5. The molecule has 1 N–H and O–H groups in total. The lowest BCUT2D eigenvalue weighted by atomic mass is 9.93. The Hall–Kier alpha value is -3.47. The highest BCUT2D eigenvalue weighted by Gasteiger charge is 2.25. The van der Waals surface area contributed by atoms with Gasteiger partial charge in [-0.3, -0.25) is 14.5 Å². The van der Waals surface area contributed by atoms with Crippen LogP contribution < -0.4 is 15.0 Å². The number of aromatic nitrogens is 5. The van der Waals surface area contributed by atoms with Crippen molar-refractivity contribution >= 4 is 16.9 Å². The molecular weight excluding hydrogens is 452 g/mol. The number of carbonyl (C=O) groups is 1. The van der Waals surface area contributed by atoms with E-state index in [2.05, 4.69) is 25.4 Å². The van der Waals surface area contributed by atoms with Crippen molar-refractivity contribution in [1.29, 1.82) is 0 Å². The number of hydrogen-bond donors (Lipinski definition) is 1. The summed E-state index contributed by atoms with van der Waals surface area (Å²) in [4.78, 5) is 30.3. The van der Waals surface area contributed by atoms with Crippen molar-refractivity contribution in [3.63, 3.8) is 0 Å². The smallest absolute Gasteiger partial charge is 0.327 e. The standard InChI is InChI=1S/C24H30N6O5/c1-2-33-23(31)15-30-22(26-27-28-30)14-29(18-6-4-3-5-7-18)13-17-10-16-11-20-21(35-9-8-34-20)12-19(16)25-24(17)32/h10-12,18H,2-9,13-15H2,1H3,(H,25,32). The molecule has 1 aromatic carbocycles. The van der Waals surface area contributed by atoms with Crippen molar-refractivity contribution < 1.29 is 19.0 Å². The molecule has 0 saturated heterocycles. The number of aromatic amines is 1. The van der Waals surface area contributed by atoms with Crippen LogP contribution in [-0.4, -0.2) is 61.9 Å². The summed E-state index contributed by atoms with van der Waals surface area (Å²) in [6.07, 6.45) is 5.60. The van der Waals surface area contributed by atoms with Crippen LogP contribution in [0.1, 0.15) is 50.4 Å². The molecule has 3 aromatic rings. The van der Waals surface area contributed by atoms with Crippen molar-refractivity contribution in [3.8, 4) is 11.5 Å². The van der Waals surface area contributed by atoms with Gasteiger partial charge in [-0.1, -0.05) is 19.3 Å². The van der Waals surface area contributed by atoms with Crippen LogP contribution in [-0.2, 0) is 29.2 Å². The van der Waals surface area contributed by atoms with E-state index in [1.807, 2.05) is 18.2 Å². The van der Waals surface area contributed by atoms with E-state index in [0.717, 1.165) is 31.1 Å². The summed E-state index contributed by atoms with van der Waals surface area (Å²) in [6.45, 7) is 3.89. The van der Waals surface area contributed by atoms with Crippen molar-refractivity contribution in [2.24, 2.45) is 0 Å². The van der Waals surface area contributed by atoms with Crippen molar-refractivity contribution in [1.82, 2.24) is 30.1 Å². The number of H-pyrrole nitrogens is 1. The van der Waals surface area contributed by atoms with E-state index in [4.69, 9.17) is 14.2 Å². The van der Waals surface area contributed by atoms with E-state index in [9.17, 15) is 9.59 Å². The number of hydrogen-bond acceptors (Lipinski definition) is 9. The Bertz CT molecular complexity index is 1250. The third kappa shape index (κ3) is 5.29. The van der Waals surface area contributed by atoms with Crippen molar-refractivity contribution in [3.05, 3.63) is 39.9 Å². The highest BCUT2D eigenvalue weighted by atomic mass is 16.6. The highest BCUT2D eigenvalue weighted by molar-refractivity contribution is 5.83. The van der Waals surface area contributed by atoms with E-state index in [1.54, 1.807) is 6.92 Å². The SMILES string of the molecule is CCOC(=O)Cn1nnnc1CN(Cc1cc2cc3c(cc2[nH]c1=O)OCCO3)C1CCCCC1. The minimum absolute atomic E-state index is 0.0432. The Balaban J connectivity index is 1.42. The Kier molecular flexibility index (Phi) is 6.94. The van der Waals surface area contributed by atoms with Gasteiger partial charge in [-0.05, 0) is 42.3 Å². The number of nitrogens with zero attached hydrogens (tertiary/aromatic N) is 5. The molecule has 0 amide bonds. The maximum atomic E-state index is 13.0. The van der Waals surface area contributed by atoms with Crippen LogP contribution >= 0.6 is 0 Å². The number of rotatable bonds is 8. The van der Waals surface area contributed by atoms with Crippen LogP contribution in [0.25, 0.3) is 10.9 Å². The minimum atomic E-state index is -0.384. The summed E-state index contributed by atoms with van der Waals surface area (Å²) in [5, 5.41) is 12.8. The molecule has 3 heterocycles. The first-order valence-corrected chi connectivity index (χ1v) is 12.2. The Morgan fingerprint density at radius 1 is 1.14 bits per heavy atom. The zero-order chi connectivity index (χ0) is 24.2. The molecule has 1 fully saturated rings. The molecule has 0 spiro atoms. The van der Waals surface area contributed by atoms with Gasteiger partial charge in [-0.25, -0.2) is 4.68 Å². The van der Waals surface area contributed by atoms with Crippen molar-refractivity contribution in [2.45, 2.75) is 64.7 Å². The maximum Gasteiger partial charge on any atom is 0.327 e. The van der Waals surface area contributed by atoms with Gasteiger partial charge in [-0.15, -0.1) is 5.10 Å². The Morgan fingerprint density at radius 3 is 2.69 bits per heavy atom. The van der Waals surface area contributed by atoms with Gasteiger partial charge in [0.25, 0.3) is 5.56 Å². The topological polar surface area (TPSA) is 124 Å². The number of nitrogens with one attached hydrogen (secondary N) is 1. The summed E-state index contributed by atoms with van der Waals surface area (Å²) < 4.78 is 17.9. The second kappa shape index (κ2) is 10.4. The maximum absolute atomic E-state index is 13.0. The first-order valence-electron chi connectivity index (χ1n) is 12.2. The first-order chi connectivity index (χ1) is 17.1. The lowest BCUT2D eigenvalue weighted by Gasteiger charge is -2.33. The first kappa shape index (κ1) is 23.3. The minimum Gasteiger partial charge on any atom is -0.486 e. The Morgan fingerprint density at radius 2 is 1.91 bits per heavy atom. The van der Waals surface area contributed by atoms with Crippen molar-refractivity contribution in [2.75, 3.05) is 19.8 Å². The van der Waals surface area contributed by atoms with E-state index in [1.165, 1.54) is 11.1 Å². The fraction of sp³-hybridized carbons (Fsp3) is 0.542. The molecule has 0 atom stereocenters. The molecule has 0 radical (unpaired) electrons. The average Bonchev–Trinajstić information content (AvgIpc) is 3.29. The molecule has 11 heteroatoms. The molecule has 11 nitrogen and oxygen atoms in total. The summed E-state index contributed by atoms with van der Waals surface area (Å²) in [5.74, 6) is 1.51. The lowest BCUT2D eigenvalue weighted by Crippen LogP contribution is -2.38. The molecule has 5 rings (SSSR count). The molecule has 0 unspecified atom stereocenters. The van der Waals surface area contributed by atoms with Gasteiger partial charge in [0.1, 0.15) is 19.8 Å². The van der Waals surface area contributed by atoms with Crippen LogP contribution in [0.4, 0.5) is 0 Å². The summed E-state index contributed by atoms with van der Waals surface area (Å²) >= 11 is 0. The average molecular weight is 483 g/mol. The predicted molar refractivity (Wildman–Crippen MR) is 126 cm³/mol. The second-order valence-corrected chi connectivity index (χ2v) is 8.96. The number of carbonyl (C=O) groups excluding carboxylic acids is 1. The predicted octanol–water partition coefficient (Wildman–Crippen LogP) is 2.18. The lowest BCUT2D eigenvalue weighted by molar-refractivity contribution is -0.144. The zero-order valence-corrected chi connectivity index (χ0v) is 19.9. The zero-order valence-electron chi connectivity index (χ0n) is 19.9. The molecule has 0 bridgehead atoms. The van der Waals surface area contributed by atoms with Crippen LogP contribution in [0.5, 0.6) is 11.5 Å². The molecule has 186 valence electrons. The molecule has 2 aliphatic rings. The monoisotopic (exact) mass is 482 g/mol. The van der Waals surface area contributed by atoms with Gasteiger partial charge < -0.3 is 19.2 Å². The van der Waals surface area contributed by atoms with Gasteiger partial charge in [0, 0.05) is 29.6 Å². The van der Waals surface area contributed by atoms with E-state index >= 15 is 0 Å². The highest BCUT2D eigenvalue weighted by Crippen LogP contribution is 2.34. The van der Waals surface area contributed by atoms with E-state index in [-0.39, 0.29) is 18.1 Å².